The zero-order chi connectivity index (χ0) is 12.8. The van der Waals surface area contributed by atoms with Gasteiger partial charge in [0.15, 0.2) is 0 Å². The SMILES string of the molecule is CCOC(=O)C(CC)N(C)CC1CCCN1C. The zero-order valence-electron chi connectivity index (χ0n) is 11.6. The Balaban J connectivity index is 2.48. The molecule has 2 atom stereocenters. The Morgan fingerprint density at radius 2 is 2.24 bits per heavy atom. The monoisotopic (exact) mass is 242 g/mol. The molecule has 4 heteroatoms. The highest BCUT2D eigenvalue weighted by Crippen LogP contribution is 2.17. The lowest BCUT2D eigenvalue weighted by atomic mass is 10.1. The minimum Gasteiger partial charge on any atom is -0.465 e. The van der Waals surface area contributed by atoms with Crippen LogP contribution in [0.25, 0.3) is 0 Å². The van der Waals surface area contributed by atoms with Crippen LogP contribution in [-0.2, 0) is 9.53 Å². The molecular weight excluding hydrogens is 216 g/mol. The maximum Gasteiger partial charge on any atom is 0.323 e. The molecule has 0 aliphatic carbocycles. The van der Waals surface area contributed by atoms with E-state index in [4.69, 9.17) is 4.74 Å². The van der Waals surface area contributed by atoms with Gasteiger partial charge in [0, 0.05) is 12.6 Å². The molecule has 0 aromatic rings. The lowest BCUT2D eigenvalue weighted by Gasteiger charge is -2.30. The van der Waals surface area contributed by atoms with Gasteiger partial charge in [0.25, 0.3) is 0 Å². The van der Waals surface area contributed by atoms with Crippen LogP contribution in [0.5, 0.6) is 0 Å². The number of carbonyl (C=O) groups is 1. The number of carbonyl (C=O) groups excluding carboxylic acids is 1. The van der Waals surface area contributed by atoms with E-state index >= 15 is 0 Å². The van der Waals surface area contributed by atoms with E-state index < -0.39 is 0 Å². The second-order valence-corrected chi connectivity index (χ2v) is 4.89. The molecule has 0 aromatic heterocycles. The summed E-state index contributed by atoms with van der Waals surface area (Å²) in [4.78, 5) is 16.3. The van der Waals surface area contributed by atoms with E-state index in [1.54, 1.807) is 0 Å². The lowest BCUT2D eigenvalue weighted by molar-refractivity contribution is -0.149. The van der Waals surface area contributed by atoms with Crippen LogP contribution in [-0.4, -0.2) is 61.6 Å². The van der Waals surface area contributed by atoms with E-state index in [0.29, 0.717) is 12.6 Å². The van der Waals surface area contributed by atoms with Gasteiger partial charge in [-0.3, -0.25) is 9.69 Å². The Hall–Kier alpha value is -0.610. The first-order valence-corrected chi connectivity index (χ1v) is 6.67. The predicted molar refractivity (Wildman–Crippen MR) is 69.0 cm³/mol. The molecule has 2 unspecified atom stereocenters. The summed E-state index contributed by atoms with van der Waals surface area (Å²) in [5.41, 5.74) is 0. The van der Waals surface area contributed by atoms with Crippen molar-refractivity contribution in [1.29, 1.82) is 0 Å². The Kier molecular flexibility index (Phi) is 5.92. The molecule has 100 valence electrons. The van der Waals surface area contributed by atoms with Crippen molar-refractivity contribution in [2.24, 2.45) is 0 Å². The summed E-state index contributed by atoms with van der Waals surface area (Å²) in [5, 5.41) is 0. The molecule has 0 N–H and O–H groups in total. The summed E-state index contributed by atoms with van der Waals surface area (Å²) < 4.78 is 5.11. The molecule has 1 aliphatic rings. The number of likely N-dealkylation sites (N-methyl/N-ethyl adjacent to an activating group) is 2. The van der Waals surface area contributed by atoms with Gasteiger partial charge in [0.1, 0.15) is 6.04 Å². The standard InChI is InChI=1S/C13H26N2O2/c1-5-12(13(16)17-6-2)15(4)10-11-8-7-9-14(11)3/h11-12H,5-10H2,1-4H3. The molecule has 0 aromatic carbocycles. The van der Waals surface area contributed by atoms with Crippen molar-refractivity contribution in [3.63, 3.8) is 0 Å². The molecule has 0 radical (unpaired) electrons. The average molecular weight is 242 g/mol. The van der Waals surface area contributed by atoms with Crippen LogP contribution in [0, 0.1) is 0 Å². The molecule has 0 bridgehead atoms. The molecule has 0 amide bonds. The van der Waals surface area contributed by atoms with Crippen molar-refractivity contribution >= 4 is 5.97 Å². The van der Waals surface area contributed by atoms with Crippen LogP contribution in [0.4, 0.5) is 0 Å². The van der Waals surface area contributed by atoms with E-state index in [1.807, 2.05) is 20.9 Å². The molecule has 0 saturated carbocycles. The van der Waals surface area contributed by atoms with Crippen LogP contribution < -0.4 is 0 Å². The number of esters is 1. The van der Waals surface area contributed by atoms with Crippen LogP contribution in [0.1, 0.15) is 33.1 Å². The van der Waals surface area contributed by atoms with E-state index in [2.05, 4.69) is 16.8 Å². The second kappa shape index (κ2) is 6.97. The Morgan fingerprint density at radius 3 is 2.71 bits per heavy atom. The third-order valence-corrected chi connectivity index (χ3v) is 3.65. The highest BCUT2D eigenvalue weighted by Gasteiger charge is 2.28. The molecule has 4 nitrogen and oxygen atoms in total. The average Bonchev–Trinajstić information content (AvgIpc) is 2.66. The number of hydrogen-bond donors (Lipinski definition) is 0. The zero-order valence-corrected chi connectivity index (χ0v) is 11.6. The number of hydrogen-bond acceptors (Lipinski definition) is 4. The fourth-order valence-corrected chi connectivity index (χ4v) is 2.57. The smallest absolute Gasteiger partial charge is 0.323 e. The molecule has 1 heterocycles. The minimum absolute atomic E-state index is 0.0850. The fourth-order valence-electron chi connectivity index (χ4n) is 2.57. The van der Waals surface area contributed by atoms with E-state index in [1.165, 1.54) is 19.4 Å². The van der Waals surface area contributed by atoms with E-state index in [-0.39, 0.29) is 12.0 Å². The highest BCUT2D eigenvalue weighted by molar-refractivity contribution is 5.75. The number of rotatable bonds is 6. The van der Waals surface area contributed by atoms with Gasteiger partial charge in [0.2, 0.25) is 0 Å². The molecular formula is C13H26N2O2. The van der Waals surface area contributed by atoms with Gasteiger partial charge in [-0.2, -0.15) is 0 Å². The van der Waals surface area contributed by atoms with Crippen LogP contribution in [0.2, 0.25) is 0 Å². The molecule has 17 heavy (non-hydrogen) atoms. The Bertz CT molecular complexity index is 246. The van der Waals surface area contributed by atoms with E-state index in [0.717, 1.165) is 13.0 Å². The molecule has 1 fully saturated rings. The van der Waals surface area contributed by atoms with Crippen molar-refractivity contribution in [3.8, 4) is 0 Å². The largest absolute Gasteiger partial charge is 0.465 e. The van der Waals surface area contributed by atoms with Gasteiger partial charge < -0.3 is 9.64 Å². The maximum absolute atomic E-state index is 11.8. The first-order chi connectivity index (χ1) is 8.10. The summed E-state index contributed by atoms with van der Waals surface area (Å²) >= 11 is 0. The van der Waals surface area contributed by atoms with Gasteiger partial charge in [0.05, 0.1) is 6.61 Å². The topological polar surface area (TPSA) is 32.8 Å². The lowest BCUT2D eigenvalue weighted by Crippen LogP contribution is -2.45. The van der Waals surface area contributed by atoms with Gasteiger partial charge in [-0.15, -0.1) is 0 Å². The molecule has 1 saturated heterocycles. The van der Waals surface area contributed by atoms with Crippen molar-refractivity contribution in [1.82, 2.24) is 9.80 Å². The van der Waals surface area contributed by atoms with E-state index in [9.17, 15) is 4.79 Å². The Labute approximate surface area is 105 Å². The first-order valence-electron chi connectivity index (χ1n) is 6.67. The normalized spacial score (nSPS) is 23.0. The van der Waals surface area contributed by atoms with Crippen LogP contribution in [0.15, 0.2) is 0 Å². The minimum atomic E-state index is -0.0936. The van der Waals surface area contributed by atoms with Crippen molar-refractivity contribution < 1.29 is 9.53 Å². The fraction of sp³-hybridized carbons (Fsp3) is 0.923. The third kappa shape index (κ3) is 3.96. The molecule has 1 aliphatic heterocycles. The van der Waals surface area contributed by atoms with Crippen molar-refractivity contribution in [3.05, 3.63) is 0 Å². The van der Waals surface area contributed by atoms with Gasteiger partial charge in [-0.1, -0.05) is 6.92 Å². The third-order valence-electron chi connectivity index (χ3n) is 3.65. The number of likely N-dealkylation sites (tertiary alicyclic amines) is 1. The molecule has 0 spiro atoms. The Morgan fingerprint density at radius 1 is 1.53 bits per heavy atom. The summed E-state index contributed by atoms with van der Waals surface area (Å²) in [6, 6.07) is 0.493. The number of ether oxygens (including phenoxy) is 1. The second-order valence-electron chi connectivity index (χ2n) is 4.89. The maximum atomic E-state index is 11.8. The first kappa shape index (κ1) is 14.5. The van der Waals surface area contributed by atoms with Gasteiger partial charge >= 0.3 is 5.97 Å². The molecule has 1 rings (SSSR count). The summed E-state index contributed by atoms with van der Waals surface area (Å²) in [5.74, 6) is -0.0850. The van der Waals surface area contributed by atoms with Crippen LogP contribution >= 0.6 is 0 Å². The number of nitrogens with zero attached hydrogens (tertiary/aromatic N) is 2. The summed E-state index contributed by atoms with van der Waals surface area (Å²) in [6.45, 7) is 6.49. The highest BCUT2D eigenvalue weighted by atomic mass is 16.5. The van der Waals surface area contributed by atoms with Crippen LogP contribution in [0.3, 0.4) is 0 Å². The summed E-state index contributed by atoms with van der Waals surface area (Å²) in [6.07, 6.45) is 3.32. The summed E-state index contributed by atoms with van der Waals surface area (Å²) in [7, 11) is 4.19. The van der Waals surface area contributed by atoms with Crippen molar-refractivity contribution in [2.75, 3.05) is 33.8 Å². The van der Waals surface area contributed by atoms with Gasteiger partial charge in [-0.25, -0.2) is 0 Å². The predicted octanol–water partition coefficient (Wildman–Crippen LogP) is 1.35. The van der Waals surface area contributed by atoms with Gasteiger partial charge in [-0.05, 0) is 46.8 Å². The quantitative estimate of drug-likeness (QED) is 0.658. The van der Waals surface area contributed by atoms with Crippen molar-refractivity contribution in [2.45, 2.75) is 45.2 Å².